The van der Waals surface area contributed by atoms with E-state index in [1.165, 1.54) is 0 Å². The molecule has 0 aromatic heterocycles. The molecule has 1 N–H and O–H groups in total. The van der Waals surface area contributed by atoms with Crippen LogP contribution in [0.25, 0.3) is 0 Å². The van der Waals surface area contributed by atoms with E-state index >= 15 is 0 Å². The second-order valence-electron chi connectivity index (χ2n) is 8.38. The molecule has 0 spiro atoms. The minimum absolute atomic E-state index is 0.0457. The summed E-state index contributed by atoms with van der Waals surface area (Å²) in [7, 11) is 0. The minimum Gasteiger partial charge on any atom is -0.381 e. The molecule has 134 valence electrons. The lowest BCUT2D eigenvalue weighted by Gasteiger charge is -2.32. The lowest BCUT2D eigenvalue weighted by Crippen LogP contribution is -2.36. The van der Waals surface area contributed by atoms with E-state index in [0.717, 1.165) is 50.9 Å². The van der Waals surface area contributed by atoms with E-state index in [-0.39, 0.29) is 16.7 Å². The van der Waals surface area contributed by atoms with E-state index < -0.39 is 0 Å². The number of carbonyl (C=O) groups excluding carboxylic acids is 1. The summed E-state index contributed by atoms with van der Waals surface area (Å²) in [6.45, 7) is 6.82. The molecule has 1 heterocycles. The first-order valence-electron chi connectivity index (χ1n) is 9.32. The van der Waals surface area contributed by atoms with Crippen LogP contribution in [0.2, 0.25) is 0 Å². The third kappa shape index (κ3) is 4.41. The van der Waals surface area contributed by atoms with Crippen molar-refractivity contribution in [2.45, 2.75) is 51.4 Å². The number of nitrogens with one attached hydrogen (secondary N) is 1. The molecule has 1 aromatic carbocycles. The monoisotopic (exact) mass is 340 g/mol. The number of carbonyl (C=O) groups is 1. The van der Waals surface area contributed by atoms with Crippen LogP contribution in [0.1, 0.15) is 61.9 Å². The molecule has 1 amide bonds. The minimum atomic E-state index is -0.349. The fraction of sp³-hybridized carbons (Fsp3) is 0.619. The van der Waals surface area contributed by atoms with Crippen LogP contribution in [0.5, 0.6) is 0 Å². The summed E-state index contributed by atoms with van der Waals surface area (Å²) in [5.74, 6) is 0.643. The predicted octanol–water partition coefficient (Wildman–Crippen LogP) is 3.81. The Hall–Kier alpha value is -1.86. The summed E-state index contributed by atoms with van der Waals surface area (Å²) < 4.78 is 5.43. The normalized spacial score (nSPS) is 19.9. The summed E-state index contributed by atoms with van der Waals surface area (Å²) in [4.78, 5) is 12.6. The molecular weight excluding hydrogens is 312 g/mol. The highest BCUT2D eigenvalue weighted by molar-refractivity contribution is 5.94. The number of rotatable bonds is 6. The Bertz CT molecular complexity index is 665. The number of nitriles is 1. The van der Waals surface area contributed by atoms with E-state index in [2.05, 4.69) is 25.2 Å². The summed E-state index contributed by atoms with van der Waals surface area (Å²) >= 11 is 0. The highest BCUT2D eigenvalue weighted by atomic mass is 16.5. The highest BCUT2D eigenvalue weighted by Crippen LogP contribution is 2.47. The molecule has 1 aliphatic carbocycles. The van der Waals surface area contributed by atoms with Gasteiger partial charge in [0, 0.05) is 25.3 Å². The van der Waals surface area contributed by atoms with E-state index in [4.69, 9.17) is 4.74 Å². The van der Waals surface area contributed by atoms with E-state index in [9.17, 15) is 10.1 Å². The van der Waals surface area contributed by atoms with E-state index in [0.29, 0.717) is 18.0 Å². The van der Waals surface area contributed by atoms with Crippen LogP contribution in [0, 0.1) is 22.7 Å². The lowest BCUT2D eigenvalue weighted by molar-refractivity contribution is 0.0507. The largest absolute Gasteiger partial charge is 0.381 e. The van der Waals surface area contributed by atoms with Crippen molar-refractivity contribution in [3.05, 3.63) is 35.4 Å². The third-order valence-corrected chi connectivity index (χ3v) is 5.55. The standard InChI is InChI=1S/C21H28N2O2/c1-20(2,13-16-6-10-25-11-7-16)15-23-19(24)17-4-3-5-18(12-17)21(14-22)8-9-21/h3-5,12,16H,6-11,13,15H2,1-2H3,(H,23,24). The SMILES string of the molecule is CC(C)(CNC(=O)c1cccc(C2(C#N)CC2)c1)CC1CCOCC1. The molecule has 3 rings (SSSR count). The molecule has 2 fully saturated rings. The van der Waals surface area contributed by atoms with Crippen LogP contribution in [-0.4, -0.2) is 25.7 Å². The fourth-order valence-electron chi connectivity index (χ4n) is 3.77. The number of nitrogens with zero attached hydrogens (tertiary/aromatic N) is 1. The van der Waals surface area contributed by atoms with Crippen molar-refractivity contribution in [3.63, 3.8) is 0 Å². The maximum Gasteiger partial charge on any atom is 0.251 e. The molecule has 2 aliphatic rings. The molecule has 1 aromatic rings. The summed E-state index contributed by atoms with van der Waals surface area (Å²) in [5, 5.41) is 12.4. The first-order chi connectivity index (χ1) is 11.9. The molecule has 1 aliphatic heterocycles. The molecule has 1 saturated carbocycles. The maximum atomic E-state index is 12.6. The number of hydrogen-bond acceptors (Lipinski definition) is 3. The zero-order valence-corrected chi connectivity index (χ0v) is 15.3. The van der Waals surface area contributed by atoms with Gasteiger partial charge in [-0.25, -0.2) is 0 Å². The van der Waals surface area contributed by atoms with Gasteiger partial charge in [-0.15, -0.1) is 0 Å². The van der Waals surface area contributed by atoms with Gasteiger partial charge in [-0.2, -0.15) is 5.26 Å². The van der Waals surface area contributed by atoms with Crippen LogP contribution < -0.4 is 5.32 Å². The molecule has 25 heavy (non-hydrogen) atoms. The van der Waals surface area contributed by atoms with Gasteiger partial charge < -0.3 is 10.1 Å². The van der Waals surface area contributed by atoms with Gasteiger partial charge in [0.2, 0.25) is 0 Å². The Kier molecular flexibility index (Phi) is 5.15. The zero-order valence-electron chi connectivity index (χ0n) is 15.3. The number of amides is 1. The molecule has 1 saturated heterocycles. The maximum absolute atomic E-state index is 12.6. The second-order valence-corrected chi connectivity index (χ2v) is 8.38. The Morgan fingerprint density at radius 2 is 2.08 bits per heavy atom. The highest BCUT2D eigenvalue weighted by Gasteiger charge is 2.45. The van der Waals surface area contributed by atoms with Gasteiger partial charge in [-0.05, 0) is 61.1 Å². The van der Waals surface area contributed by atoms with Crippen molar-refractivity contribution in [2.24, 2.45) is 11.3 Å². The van der Waals surface area contributed by atoms with Gasteiger partial charge in [-0.3, -0.25) is 4.79 Å². The zero-order chi connectivity index (χ0) is 17.9. The molecule has 0 bridgehead atoms. The number of hydrogen-bond donors (Lipinski definition) is 1. The second kappa shape index (κ2) is 7.17. The van der Waals surface area contributed by atoms with Crippen molar-refractivity contribution in [3.8, 4) is 6.07 Å². The van der Waals surface area contributed by atoms with Crippen LogP contribution in [0.4, 0.5) is 0 Å². The van der Waals surface area contributed by atoms with Crippen molar-refractivity contribution in [2.75, 3.05) is 19.8 Å². The van der Waals surface area contributed by atoms with E-state index in [1.807, 2.05) is 24.3 Å². The third-order valence-electron chi connectivity index (χ3n) is 5.55. The van der Waals surface area contributed by atoms with Crippen molar-refractivity contribution in [1.29, 1.82) is 5.26 Å². The predicted molar refractivity (Wildman–Crippen MR) is 97.2 cm³/mol. The Morgan fingerprint density at radius 3 is 2.72 bits per heavy atom. The van der Waals surface area contributed by atoms with Crippen LogP contribution in [0.15, 0.2) is 24.3 Å². The topological polar surface area (TPSA) is 62.1 Å². The Labute approximate surface area is 150 Å². The fourth-order valence-corrected chi connectivity index (χ4v) is 3.77. The Balaban J connectivity index is 1.57. The summed E-state index contributed by atoms with van der Waals surface area (Å²) in [5.41, 5.74) is 1.35. The van der Waals surface area contributed by atoms with Gasteiger partial charge in [0.05, 0.1) is 11.5 Å². The first-order valence-corrected chi connectivity index (χ1v) is 9.32. The Morgan fingerprint density at radius 1 is 1.36 bits per heavy atom. The van der Waals surface area contributed by atoms with Crippen LogP contribution >= 0.6 is 0 Å². The number of benzene rings is 1. The molecule has 0 atom stereocenters. The summed E-state index contributed by atoms with van der Waals surface area (Å²) in [6.07, 6.45) is 5.14. The van der Waals surface area contributed by atoms with Crippen LogP contribution in [-0.2, 0) is 10.2 Å². The number of ether oxygens (including phenoxy) is 1. The molecular formula is C21H28N2O2. The van der Waals surface area contributed by atoms with E-state index in [1.54, 1.807) is 0 Å². The van der Waals surface area contributed by atoms with Gasteiger partial charge in [-0.1, -0.05) is 26.0 Å². The smallest absolute Gasteiger partial charge is 0.251 e. The average molecular weight is 340 g/mol. The molecule has 0 unspecified atom stereocenters. The van der Waals surface area contributed by atoms with Gasteiger partial charge >= 0.3 is 0 Å². The van der Waals surface area contributed by atoms with Gasteiger partial charge in [0.25, 0.3) is 5.91 Å². The summed E-state index contributed by atoms with van der Waals surface area (Å²) in [6, 6.07) is 9.96. The van der Waals surface area contributed by atoms with Gasteiger partial charge in [0.1, 0.15) is 0 Å². The molecule has 0 radical (unpaired) electrons. The molecule has 4 nitrogen and oxygen atoms in total. The first kappa shape index (κ1) is 17.9. The van der Waals surface area contributed by atoms with Gasteiger partial charge in [0.15, 0.2) is 0 Å². The van der Waals surface area contributed by atoms with Crippen molar-refractivity contribution in [1.82, 2.24) is 5.32 Å². The lowest BCUT2D eigenvalue weighted by atomic mass is 9.79. The van der Waals surface area contributed by atoms with Crippen molar-refractivity contribution < 1.29 is 9.53 Å². The van der Waals surface area contributed by atoms with Crippen LogP contribution in [0.3, 0.4) is 0 Å². The average Bonchev–Trinajstić information content (AvgIpc) is 3.42. The quantitative estimate of drug-likeness (QED) is 0.856. The van der Waals surface area contributed by atoms with Crippen molar-refractivity contribution >= 4 is 5.91 Å². The molecule has 4 heteroatoms.